The monoisotopic (exact) mass is 271 g/mol. The molecule has 0 aromatic carbocycles. The molecule has 1 aromatic rings. The van der Waals surface area contributed by atoms with Gasteiger partial charge in [0, 0.05) is 19.5 Å². The summed E-state index contributed by atoms with van der Waals surface area (Å²) in [6.07, 6.45) is 0. The third-order valence-corrected chi connectivity index (χ3v) is 4.11. The first-order valence-corrected chi connectivity index (χ1v) is 6.57. The molecule has 0 fully saturated rings. The number of rotatable bonds is 6. The van der Waals surface area contributed by atoms with E-state index in [1.807, 2.05) is 14.1 Å². The number of carbonyl (C=O) groups excluding carboxylic acids is 1. The molecule has 0 spiro atoms. The van der Waals surface area contributed by atoms with Gasteiger partial charge in [0.05, 0.1) is 17.7 Å². The Kier molecular flexibility index (Phi) is 4.98. The van der Waals surface area contributed by atoms with Crippen LogP contribution in [0, 0.1) is 0 Å². The number of methoxy groups -OCH3 is 1. The average molecular weight is 271 g/mol. The Morgan fingerprint density at radius 3 is 2.61 bits per heavy atom. The SMILES string of the molecule is COc1c(NCC(C)N(C)C)sc(C(C)=O)c1N. The summed E-state index contributed by atoms with van der Waals surface area (Å²) in [5.74, 6) is 0.528. The topological polar surface area (TPSA) is 67.6 Å². The molecule has 0 saturated carbocycles. The van der Waals surface area contributed by atoms with E-state index >= 15 is 0 Å². The number of nitrogen functional groups attached to an aromatic ring is 1. The number of hydrogen-bond donors (Lipinski definition) is 2. The lowest BCUT2D eigenvalue weighted by Crippen LogP contribution is -2.31. The fraction of sp³-hybridized carbons (Fsp3) is 0.583. The molecule has 0 aliphatic heterocycles. The minimum atomic E-state index is -0.0375. The fourth-order valence-corrected chi connectivity index (χ4v) is 2.42. The molecule has 1 unspecified atom stereocenters. The van der Waals surface area contributed by atoms with Crippen molar-refractivity contribution in [3.8, 4) is 5.75 Å². The van der Waals surface area contributed by atoms with Crippen molar-refractivity contribution in [2.45, 2.75) is 19.9 Å². The van der Waals surface area contributed by atoms with Gasteiger partial charge in [0.2, 0.25) is 0 Å². The first-order chi connectivity index (χ1) is 8.38. The zero-order valence-corrected chi connectivity index (χ0v) is 12.4. The minimum absolute atomic E-state index is 0.0375. The fourth-order valence-electron chi connectivity index (χ4n) is 1.43. The smallest absolute Gasteiger partial charge is 0.176 e. The molecule has 1 atom stereocenters. The first-order valence-electron chi connectivity index (χ1n) is 5.76. The van der Waals surface area contributed by atoms with Crippen molar-refractivity contribution in [3.05, 3.63) is 4.88 Å². The predicted octanol–water partition coefficient (Wildman–Crippen LogP) is 1.90. The zero-order chi connectivity index (χ0) is 13.9. The van der Waals surface area contributed by atoms with Gasteiger partial charge in [0.1, 0.15) is 5.00 Å². The van der Waals surface area contributed by atoms with E-state index in [-0.39, 0.29) is 5.78 Å². The maximum atomic E-state index is 11.4. The second-order valence-electron chi connectivity index (χ2n) is 4.46. The number of thiophene rings is 1. The van der Waals surface area contributed by atoms with Gasteiger partial charge in [0.15, 0.2) is 11.5 Å². The second-order valence-corrected chi connectivity index (χ2v) is 5.48. The summed E-state index contributed by atoms with van der Waals surface area (Å²) in [7, 11) is 5.60. The summed E-state index contributed by atoms with van der Waals surface area (Å²) in [5.41, 5.74) is 6.32. The van der Waals surface area contributed by atoms with Gasteiger partial charge in [-0.2, -0.15) is 0 Å². The third-order valence-electron chi connectivity index (χ3n) is 2.86. The van der Waals surface area contributed by atoms with E-state index in [1.54, 1.807) is 7.11 Å². The van der Waals surface area contributed by atoms with Gasteiger partial charge < -0.3 is 20.7 Å². The van der Waals surface area contributed by atoms with Crippen LogP contribution < -0.4 is 15.8 Å². The van der Waals surface area contributed by atoms with Crippen LogP contribution in [0.3, 0.4) is 0 Å². The number of nitrogens with zero attached hydrogens (tertiary/aromatic N) is 1. The molecule has 3 N–H and O–H groups in total. The highest BCUT2D eigenvalue weighted by Gasteiger charge is 2.19. The molecular weight excluding hydrogens is 250 g/mol. The van der Waals surface area contributed by atoms with Crippen molar-refractivity contribution in [2.75, 3.05) is 38.8 Å². The zero-order valence-electron chi connectivity index (χ0n) is 11.5. The number of nitrogens with two attached hydrogens (primary N) is 1. The van der Waals surface area contributed by atoms with Gasteiger partial charge >= 0.3 is 0 Å². The molecule has 0 aliphatic rings. The van der Waals surface area contributed by atoms with Crippen molar-refractivity contribution < 1.29 is 9.53 Å². The normalized spacial score (nSPS) is 12.6. The highest BCUT2D eigenvalue weighted by atomic mass is 32.1. The summed E-state index contributed by atoms with van der Waals surface area (Å²) in [6, 6.07) is 0.374. The maximum absolute atomic E-state index is 11.4. The highest BCUT2D eigenvalue weighted by molar-refractivity contribution is 7.19. The van der Waals surface area contributed by atoms with Crippen molar-refractivity contribution in [1.82, 2.24) is 4.90 Å². The summed E-state index contributed by atoms with van der Waals surface area (Å²) in [6.45, 7) is 4.39. The Balaban J connectivity index is 2.88. The average Bonchev–Trinajstić information content (AvgIpc) is 2.62. The predicted molar refractivity (Wildman–Crippen MR) is 76.9 cm³/mol. The molecule has 18 heavy (non-hydrogen) atoms. The minimum Gasteiger partial charge on any atom is -0.492 e. The van der Waals surface area contributed by atoms with Crippen molar-refractivity contribution in [3.63, 3.8) is 0 Å². The van der Waals surface area contributed by atoms with Crippen LogP contribution in [0.5, 0.6) is 5.75 Å². The Morgan fingerprint density at radius 1 is 1.56 bits per heavy atom. The van der Waals surface area contributed by atoms with Crippen LogP contribution in [0.2, 0.25) is 0 Å². The Bertz CT molecular complexity index is 429. The lowest BCUT2D eigenvalue weighted by molar-refractivity contribution is 0.102. The lowest BCUT2D eigenvalue weighted by Gasteiger charge is -2.20. The van der Waals surface area contributed by atoms with E-state index < -0.39 is 0 Å². The van der Waals surface area contributed by atoms with E-state index in [4.69, 9.17) is 10.5 Å². The first kappa shape index (κ1) is 14.8. The van der Waals surface area contributed by atoms with Crippen LogP contribution in [-0.2, 0) is 0 Å². The number of ketones is 1. The van der Waals surface area contributed by atoms with Crippen LogP contribution >= 0.6 is 11.3 Å². The van der Waals surface area contributed by atoms with Gasteiger partial charge in [-0.25, -0.2) is 0 Å². The van der Waals surface area contributed by atoms with Crippen LogP contribution in [0.25, 0.3) is 0 Å². The van der Waals surface area contributed by atoms with Crippen LogP contribution in [0.1, 0.15) is 23.5 Å². The Morgan fingerprint density at radius 2 is 2.17 bits per heavy atom. The molecule has 6 heteroatoms. The second kappa shape index (κ2) is 6.06. The molecule has 0 aliphatic carbocycles. The van der Waals surface area contributed by atoms with E-state index in [9.17, 15) is 4.79 Å². The summed E-state index contributed by atoms with van der Waals surface area (Å²) < 4.78 is 5.26. The van der Waals surface area contributed by atoms with E-state index in [1.165, 1.54) is 18.3 Å². The molecule has 0 bridgehead atoms. The van der Waals surface area contributed by atoms with Crippen molar-refractivity contribution in [2.24, 2.45) is 0 Å². The highest BCUT2D eigenvalue weighted by Crippen LogP contribution is 2.42. The number of nitrogens with one attached hydrogen (secondary N) is 1. The number of Topliss-reactive ketones (excluding diaryl/α,β-unsaturated/α-hetero) is 1. The number of likely N-dealkylation sites (N-methyl/N-ethyl adjacent to an activating group) is 1. The summed E-state index contributed by atoms with van der Waals surface area (Å²) >= 11 is 1.34. The maximum Gasteiger partial charge on any atom is 0.176 e. The standard InChI is InChI=1S/C12H21N3O2S/c1-7(15(3)4)6-14-12-10(17-5)9(13)11(18-12)8(2)16/h7,14H,6,13H2,1-5H3. The van der Waals surface area contributed by atoms with E-state index in [2.05, 4.69) is 17.1 Å². The molecule has 1 aromatic heterocycles. The third kappa shape index (κ3) is 3.14. The molecule has 5 nitrogen and oxygen atoms in total. The number of carbonyl (C=O) groups is 1. The lowest BCUT2D eigenvalue weighted by atomic mass is 10.3. The van der Waals surface area contributed by atoms with Gasteiger partial charge in [-0.15, -0.1) is 11.3 Å². The van der Waals surface area contributed by atoms with Crippen LogP contribution in [0.15, 0.2) is 0 Å². The van der Waals surface area contributed by atoms with Gasteiger partial charge in [-0.05, 0) is 21.0 Å². The Labute approximate surface area is 112 Å². The van der Waals surface area contributed by atoms with E-state index in [0.29, 0.717) is 22.4 Å². The number of ether oxygens (including phenoxy) is 1. The van der Waals surface area contributed by atoms with Gasteiger partial charge in [0.25, 0.3) is 0 Å². The number of anilines is 2. The van der Waals surface area contributed by atoms with Crippen molar-refractivity contribution >= 4 is 27.8 Å². The molecule has 0 saturated heterocycles. The van der Waals surface area contributed by atoms with Crippen LogP contribution in [-0.4, -0.2) is 44.5 Å². The molecular formula is C12H21N3O2S. The Hall–Kier alpha value is -1.27. The van der Waals surface area contributed by atoms with Crippen molar-refractivity contribution in [1.29, 1.82) is 0 Å². The number of hydrogen-bond acceptors (Lipinski definition) is 6. The molecule has 102 valence electrons. The largest absolute Gasteiger partial charge is 0.492 e. The quantitative estimate of drug-likeness (QED) is 0.774. The molecule has 0 amide bonds. The van der Waals surface area contributed by atoms with Gasteiger partial charge in [-0.3, -0.25) is 4.79 Å². The molecule has 0 radical (unpaired) electrons. The van der Waals surface area contributed by atoms with Gasteiger partial charge in [-0.1, -0.05) is 0 Å². The van der Waals surface area contributed by atoms with Crippen LogP contribution in [0.4, 0.5) is 10.7 Å². The summed E-state index contributed by atoms with van der Waals surface area (Å²) in [5, 5.41) is 4.09. The van der Waals surface area contributed by atoms with E-state index in [0.717, 1.165) is 11.5 Å². The summed E-state index contributed by atoms with van der Waals surface area (Å²) in [4.78, 5) is 14.1. The molecule has 1 heterocycles. The molecule has 1 rings (SSSR count).